The van der Waals surface area contributed by atoms with Crippen molar-refractivity contribution in [3.63, 3.8) is 0 Å². The molecule has 0 radical (unpaired) electrons. The minimum Gasteiger partial charge on any atom is -0.390 e. The summed E-state index contributed by atoms with van der Waals surface area (Å²) in [4.78, 5) is 0. The van der Waals surface area contributed by atoms with Crippen molar-refractivity contribution < 1.29 is 15.4 Å². The highest BCUT2D eigenvalue weighted by atomic mass is 16.5. The van der Waals surface area contributed by atoms with Crippen LogP contribution in [0.15, 0.2) is 0 Å². The summed E-state index contributed by atoms with van der Waals surface area (Å²) in [6.45, 7) is 3.20. The van der Waals surface area contributed by atoms with E-state index in [1.807, 2.05) is 5.48 Å². The normalized spacial score (nSPS) is 20.1. The molecule has 62 valence electrons. The van der Waals surface area contributed by atoms with Crippen LogP contribution in [0.1, 0.15) is 20.3 Å². The topological polar surface area (TPSA) is 72.7 Å². The first-order valence-corrected chi connectivity index (χ1v) is 3.32. The molecule has 0 aliphatic carbocycles. The van der Waals surface area contributed by atoms with E-state index >= 15 is 0 Å². The number of nitrogens with one attached hydrogen (secondary N) is 1. The lowest BCUT2D eigenvalue weighted by Gasteiger charge is -2.27. The maximum Gasteiger partial charge on any atom is 0.102 e. The molecule has 0 fully saturated rings. The second kappa shape index (κ2) is 3.88. The van der Waals surface area contributed by atoms with Gasteiger partial charge in [-0.05, 0) is 13.3 Å². The third-order valence-electron chi connectivity index (χ3n) is 1.54. The van der Waals surface area contributed by atoms with Crippen LogP contribution in [0.3, 0.4) is 0 Å². The quantitative estimate of drug-likeness (QED) is 0.406. The van der Waals surface area contributed by atoms with Crippen molar-refractivity contribution in [3.05, 3.63) is 0 Å². The SMILES string of the molecule is CCC(O)C(C)(O)CNO. The van der Waals surface area contributed by atoms with E-state index in [2.05, 4.69) is 0 Å². The molecule has 0 aromatic rings. The molecule has 0 amide bonds. The van der Waals surface area contributed by atoms with E-state index in [0.717, 1.165) is 0 Å². The zero-order valence-corrected chi connectivity index (χ0v) is 6.33. The summed E-state index contributed by atoms with van der Waals surface area (Å²) in [5.41, 5.74) is 0.567. The molecule has 0 bridgehead atoms. The molecule has 0 aliphatic rings. The second-order valence-electron chi connectivity index (χ2n) is 2.62. The van der Waals surface area contributed by atoms with E-state index in [0.29, 0.717) is 6.42 Å². The smallest absolute Gasteiger partial charge is 0.102 e. The maximum absolute atomic E-state index is 9.31. The Morgan fingerprint density at radius 3 is 2.40 bits per heavy atom. The van der Waals surface area contributed by atoms with Crippen LogP contribution in [-0.2, 0) is 0 Å². The fraction of sp³-hybridized carbons (Fsp3) is 1.00. The molecule has 10 heavy (non-hydrogen) atoms. The van der Waals surface area contributed by atoms with Gasteiger partial charge < -0.3 is 15.4 Å². The molecule has 4 N–H and O–H groups in total. The van der Waals surface area contributed by atoms with E-state index in [1.165, 1.54) is 6.92 Å². The molecule has 2 atom stereocenters. The Morgan fingerprint density at radius 1 is 1.60 bits per heavy atom. The third kappa shape index (κ3) is 2.62. The number of hydrogen-bond acceptors (Lipinski definition) is 4. The van der Waals surface area contributed by atoms with Crippen molar-refractivity contribution in [1.82, 2.24) is 5.48 Å². The molecule has 0 aromatic carbocycles. The monoisotopic (exact) mass is 149 g/mol. The van der Waals surface area contributed by atoms with Gasteiger partial charge in [-0.1, -0.05) is 6.92 Å². The summed E-state index contributed by atoms with van der Waals surface area (Å²) >= 11 is 0. The summed E-state index contributed by atoms with van der Waals surface area (Å²) in [6, 6.07) is 0. The van der Waals surface area contributed by atoms with Gasteiger partial charge in [0.05, 0.1) is 12.6 Å². The van der Waals surface area contributed by atoms with Gasteiger partial charge in [-0.3, -0.25) is 0 Å². The van der Waals surface area contributed by atoms with Crippen molar-refractivity contribution in [2.45, 2.75) is 32.0 Å². The molecule has 4 nitrogen and oxygen atoms in total. The molecule has 0 aliphatic heterocycles. The minimum atomic E-state index is -1.25. The first-order chi connectivity index (χ1) is 4.54. The summed E-state index contributed by atoms with van der Waals surface area (Å²) < 4.78 is 0. The van der Waals surface area contributed by atoms with Gasteiger partial charge in [-0.2, -0.15) is 0 Å². The van der Waals surface area contributed by atoms with Crippen LogP contribution in [0.4, 0.5) is 0 Å². The lowest BCUT2D eigenvalue weighted by Crippen LogP contribution is -2.46. The van der Waals surface area contributed by atoms with Gasteiger partial charge in [-0.25, -0.2) is 5.48 Å². The van der Waals surface area contributed by atoms with Gasteiger partial charge >= 0.3 is 0 Å². The van der Waals surface area contributed by atoms with Crippen LogP contribution >= 0.6 is 0 Å². The van der Waals surface area contributed by atoms with Crippen LogP contribution in [0.5, 0.6) is 0 Å². The number of hydrogen-bond donors (Lipinski definition) is 4. The lowest BCUT2D eigenvalue weighted by atomic mass is 9.98. The first-order valence-electron chi connectivity index (χ1n) is 3.32. The van der Waals surface area contributed by atoms with Gasteiger partial charge in [-0.15, -0.1) is 0 Å². The fourth-order valence-corrected chi connectivity index (χ4v) is 0.718. The van der Waals surface area contributed by atoms with Gasteiger partial charge in [0.1, 0.15) is 5.60 Å². The lowest BCUT2D eigenvalue weighted by molar-refractivity contribution is -0.0776. The zero-order valence-electron chi connectivity index (χ0n) is 6.33. The Labute approximate surface area is 60.5 Å². The summed E-state index contributed by atoms with van der Waals surface area (Å²) in [7, 11) is 0. The van der Waals surface area contributed by atoms with Crippen LogP contribution in [0.2, 0.25) is 0 Å². The van der Waals surface area contributed by atoms with Gasteiger partial charge in [0, 0.05) is 0 Å². The highest BCUT2D eigenvalue weighted by Gasteiger charge is 2.28. The average molecular weight is 149 g/mol. The van der Waals surface area contributed by atoms with E-state index in [9.17, 15) is 5.11 Å². The van der Waals surface area contributed by atoms with Crippen molar-refractivity contribution in [1.29, 1.82) is 0 Å². The number of hydroxylamine groups is 1. The number of aliphatic hydroxyl groups is 2. The maximum atomic E-state index is 9.31. The van der Waals surface area contributed by atoms with E-state index in [4.69, 9.17) is 10.3 Å². The molecule has 0 saturated carbocycles. The predicted molar refractivity (Wildman–Crippen MR) is 36.7 cm³/mol. The molecule has 0 heterocycles. The highest BCUT2D eigenvalue weighted by molar-refractivity contribution is 4.81. The minimum absolute atomic E-state index is 0.0258. The van der Waals surface area contributed by atoms with Crippen molar-refractivity contribution in [2.75, 3.05) is 6.54 Å². The van der Waals surface area contributed by atoms with Crippen molar-refractivity contribution in [2.24, 2.45) is 0 Å². The Bertz CT molecular complexity index is 95.0. The zero-order chi connectivity index (χ0) is 8.20. The Kier molecular flexibility index (Phi) is 3.81. The van der Waals surface area contributed by atoms with Crippen molar-refractivity contribution in [3.8, 4) is 0 Å². The van der Waals surface area contributed by atoms with Crippen LogP contribution < -0.4 is 5.48 Å². The van der Waals surface area contributed by atoms with Crippen LogP contribution in [0.25, 0.3) is 0 Å². The number of aliphatic hydroxyl groups excluding tert-OH is 1. The molecular formula is C6H15NO3. The van der Waals surface area contributed by atoms with E-state index in [1.54, 1.807) is 6.92 Å². The summed E-state index contributed by atoms with van der Waals surface area (Å²) in [5.74, 6) is 0. The first kappa shape index (κ1) is 9.84. The largest absolute Gasteiger partial charge is 0.390 e. The van der Waals surface area contributed by atoms with Crippen LogP contribution in [-0.4, -0.2) is 33.7 Å². The van der Waals surface area contributed by atoms with Gasteiger partial charge in [0.2, 0.25) is 0 Å². The second-order valence-corrected chi connectivity index (χ2v) is 2.62. The van der Waals surface area contributed by atoms with E-state index < -0.39 is 11.7 Å². The Balaban J connectivity index is 3.82. The predicted octanol–water partition coefficient (Wildman–Crippen LogP) is -0.513. The number of rotatable bonds is 4. The van der Waals surface area contributed by atoms with Crippen molar-refractivity contribution >= 4 is 0 Å². The average Bonchev–Trinajstić information content (AvgIpc) is 1.86. The molecule has 2 unspecified atom stereocenters. The standard InChI is InChI=1S/C6H15NO3/c1-3-5(8)6(2,9)4-7-10/h5,7-10H,3-4H2,1-2H3. The summed E-state index contributed by atoms with van der Waals surface area (Å²) in [5, 5.41) is 26.7. The van der Waals surface area contributed by atoms with Crippen LogP contribution in [0, 0.1) is 0 Å². The Hall–Kier alpha value is -0.160. The fourth-order valence-electron chi connectivity index (χ4n) is 0.718. The van der Waals surface area contributed by atoms with Gasteiger partial charge in [0.25, 0.3) is 0 Å². The Morgan fingerprint density at radius 2 is 2.10 bits per heavy atom. The molecule has 0 spiro atoms. The molecule has 0 aromatic heterocycles. The third-order valence-corrected chi connectivity index (χ3v) is 1.54. The highest BCUT2D eigenvalue weighted by Crippen LogP contribution is 2.10. The van der Waals surface area contributed by atoms with E-state index in [-0.39, 0.29) is 6.54 Å². The molecule has 0 saturated heterocycles. The molecular weight excluding hydrogens is 134 g/mol. The summed E-state index contributed by atoms with van der Waals surface area (Å²) in [6.07, 6.45) is -0.332. The van der Waals surface area contributed by atoms with Gasteiger partial charge in [0.15, 0.2) is 0 Å². The molecule has 0 rings (SSSR count). The molecule has 4 heteroatoms.